The Morgan fingerprint density at radius 1 is 1.08 bits per heavy atom. The third kappa shape index (κ3) is 6.89. The molecule has 0 atom stereocenters. The Kier molecular flexibility index (Phi) is 6.22. The van der Waals surface area contributed by atoms with Gasteiger partial charge in [0.05, 0.1) is 18.7 Å². The first kappa shape index (κ1) is 19.8. The van der Waals surface area contributed by atoms with Crippen molar-refractivity contribution in [3.63, 3.8) is 0 Å². The van der Waals surface area contributed by atoms with Gasteiger partial charge in [0.2, 0.25) is 11.8 Å². The lowest BCUT2D eigenvalue weighted by Gasteiger charge is -2.23. The molecule has 24 heavy (non-hydrogen) atoms. The Morgan fingerprint density at radius 3 is 2.08 bits per heavy atom. The second-order valence-corrected chi connectivity index (χ2v) is 6.48. The number of alkyl halides is 3. The average Bonchev–Trinajstić information content (AvgIpc) is 2.42. The molecule has 0 fully saturated rings. The lowest BCUT2D eigenvalue weighted by Crippen LogP contribution is -2.47. The predicted molar refractivity (Wildman–Crippen MR) is 85.5 cm³/mol. The quantitative estimate of drug-likeness (QED) is 0.862. The predicted octanol–water partition coefficient (Wildman–Crippen LogP) is 2.49. The van der Waals surface area contributed by atoms with Crippen molar-refractivity contribution >= 4 is 17.5 Å². The third-order valence-corrected chi connectivity index (χ3v) is 2.98. The van der Waals surface area contributed by atoms with Crippen molar-refractivity contribution in [1.29, 1.82) is 0 Å². The van der Waals surface area contributed by atoms with Gasteiger partial charge in [-0.1, -0.05) is 0 Å². The third-order valence-electron chi connectivity index (χ3n) is 2.98. The minimum absolute atomic E-state index is 0.0925. The summed E-state index contributed by atoms with van der Waals surface area (Å²) in [5.74, 6) is -0.633. The van der Waals surface area contributed by atoms with Crippen LogP contribution in [0.3, 0.4) is 0 Å². The van der Waals surface area contributed by atoms with Gasteiger partial charge in [0.25, 0.3) is 0 Å². The van der Waals surface area contributed by atoms with Gasteiger partial charge >= 0.3 is 6.18 Å². The number of carbonyl (C=O) groups is 2. The number of carbonyl (C=O) groups excluding carboxylic acids is 2. The Hall–Kier alpha value is -2.25. The van der Waals surface area contributed by atoms with Crippen LogP contribution in [0.15, 0.2) is 24.3 Å². The Labute approximate surface area is 139 Å². The molecule has 0 aliphatic rings. The second-order valence-electron chi connectivity index (χ2n) is 6.48. The molecule has 0 aliphatic carbocycles. The van der Waals surface area contributed by atoms with Crippen LogP contribution in [0.1, 0.15) is 26.3 Å². The summed E-state index contributed by atoms with van der Waals surface area (Å²) in [5.41, 5.74) is -0.751. The van der Waals surface area contributed by atoms with Crippen LogP contribution in [0.25, 0.3) is 0 Å². The fourth-order valence-corrected chi connectivity index (χ4v) is 1.85. The van der Waals surface area contributed by atoms with E-state index in [1.807, 2.05) is 20.8 Å². The Balaban J connectivity index is 2.49. The molecule has 0 bridgehead atoms. The summed E-state index contributed by atoms with van der Waals surface area (Å²) in [6.45, 7) is 5.28. The highest BCUT2D eigenvalue weighted by molar-refractivity contribution is 5.86. The van der Waals surface area contributed by atoms with E-state index in [0.717, 1.165) is 12.1 Å². The smallest absolute Gasteiger partial charge is 0.376 e. The van der Waals surface area contributed by atoms with Gasteiger partial charge in [-0.2, -0.15) is 13.2 Å². The molecular formula is C16H22F3N3O2. The number of nitrogens with one attached hydrogen (secondary N) is 2. The fourth-order valence-electron chi connectivity index (χ4n) is 1.85. The van der Waals surface area contributed by atoms with Gasteiger partial charge in [-0.05, 0) is 45.0 Å². The van der Waals surface area contributed by atoms with Crippen molar-refractivity contribution in [3.8, 4) is 0 Å². The molecule has 0 aromatic heterocycles. The standard InChI is InChI=1S/C16H22F3N3O2/c1-15(2,3)21-13(23)10-22(4)14(24)9-20-12-7-5-11(6-8-12)16(17,18)19/h5-8,20H,9-10H2,1-4H3,(H,21,23). The van der Waals surface area contributed by atoms with Crippen LogP contribution in [0.5, 0.6) is 0 Å². The van der Waals surface area contributed by atoms with E-state index in [9.17, 15) is 22.8 Å². The van der Waals surface area contributed by atoms with Gasteiger partial charge in [-0.15, -0.1) is 0 Å². The van der Waals surface area contributed by atoms with E-state index in [1.54, 1.807) is 0 Å². The zero-order chi connectivity index (χ0) is 18.5. The summed E-state index contributed by atoms with van der Waals surface area (Å²) >= 11 is 0. The molecule has 0 aliphatic heterocycles. The van der Waals surface area contributed by atoms with E-state index in [4.69, 9.17) is 0 Å². The van der Waals surface area contributed by atoms with Crippen LogP contribution >= 0.6 is 0 Å². The Bertz CT molecular complexity index is 578. The van der Waals surface area contributed by atoms with Gasteiger partial charge in [0.1, 0.15) is 0 Å². The van der Waals surface area contributed by atoms with Crippen LogP contribution < -0.4 is 10.6 Å². The molecule has 1 aromatic carbocycles. The van der Waals surface area contributed by atoms with Gasteiger partial charge in [-0.25, -0.2) is 0 Å². The minimum Gasteiger partial charge on any atom is -0.376 e. The second kappa shape index (κ2) is 7.55. The van der Waals surface area contributed by atoms with Crippen LogP contribution in [0.2, 0.25) is 0 Å². The molecule has 8 heteroatoms. The SMILES string of the molecule is CN(CC(=O)NC(C)(C)C)C(=O)CNc1ccc(C(F)(F)F)cc1. The average molecular weight is 345 g/mol. The molecule has 1 aromatic rings. The van der Waals surface area contributed by atoms with Crippen molar-refractivity contribution in [2.75, 3.05) is 25.5 Å². The molecule has 1 rings (SSSR count). The fraction of sp³-hybridized carbons (Fsp3) is 0.500. The number of nitrogens with zero attached hydrogens (tertiary/aromatic N) is 1. The number of halogens is 3. The highest BCUT2D eigenvalue weighted by Crippen LogP contribution is 2.29. The molecule has 0 saturated carbocycles. The van der Waals surface area contributed by atoms with Crippen LogP contribution in [0, 0.1) is 0 Å². The first-order valence-electron chi connectivity index (χ1n) is 7.34. The van der Waals surface area contributed by atoms with E-state index >= 15 is 0 Å². The monoisotopic (exact) mass is 345 g/mol. The molecule has 0 unspecified atom stereocenters. The van der Waals surface area contributed by atoms with Crippen LogP contribution in [-0.4, -0.2) is 42.4 Å². The van der Waals surface area contributed by atoms with E-state index in [2.05, 4.69) is 10.6 Å². The topological polar surface area (TPSA) is 61.4 Å². The van der Waals surface area contributed by atoms with E-state index in [1.165, 1.54) is 24.1 Å². The van der Waals surface area contributed by atoms with Crippen LogP contribution in [-0.2, 0) is 15.8 Å². The molecule has 2 amide bonds. The Morgan fingerprint density at radius 2 is 1.62 bits per heavy atom. The number of amides is 2. The largest absolute Gasteiger partial charge is 0.416 e. The lowest BCUT2D eigenvalue weighted by atomic mass is 10.1. The van der Waals surface area contributed by atoms with Crippen LogP contribution in [0.4, 0.5) is 18.9 Å². The number of hydrogen-bond acceptors (Lipinski definition) is 3. The van der Waals surface area contributed by atoms with E-state index in [-0.39, 0.29) is 30.4 Å². The summed E-state index contributed by atoms with van der Waals surface area (Å²) in [6.07, 6.45) is -4.39. The van der Waals surface area contributed by atoms with Gasteiger partial charge in [-0.3, -0.25) is 9.59 Å². The summed E-state index contributed by atoms with van der Waals surface area (Å²) in [7, 11) is 1.49. The summed E-state index contributed by atoms with van der Waals surface area (Å²) in [6, 6.07) is 4.38. The zero-order valence-corrected chi connectivity index (χ0v) is 14.1. The number of anilines is 1. The summed E-state index contributed by atoms with van der Waals surface area (Å²) < 4.78 is 37.4. The number of rotatable bonds is 5. The molecule has 0 spiro atoms. The maximum atomic E-state index is 12.5. The molecule has 2 N–H and O–H groups in total. The highest BCUT2D eigenvalue weighted by atomic mass is 19.4. The lowest BCUT2D eigenvalue weighted by molar-refractivity contribution is -0.137. The zero-order valence-electron chi connectivity index (χ0n) is 14.1. The maximum absolute atomic E-state index is 12.5. The molecule has 5 nitrogen and oxygen atoms in total. The van der Waals surface area contributed by atoms with Crippen molar-refractivity contribution in [2.24, 2.45) is 0 Å². The number of benzene rings is 1. The van der Waals surface area contributed by atoms with Crippen molar-refractivity contribution in [1.82, 2.24) is 10.2 Å². The molecule has 134 valence electrons. The normalized spacial score (nSPS) is 11.8. The minimum atomic E-state index is -4.39. The van der Waals surface area contributed by atoms with Crippen molar-refractivity contribution in [3.05, 3.63) is 29.8 Å². The molecular weight excluding hydrogens is 323 g/mol. The maximum Gasteiger partial charge on any atom is 0.416 e. The summed E-state index contributed by atoms with van der Waals surface area (Å²) in [5, 5.41) is 5.47. The van der Waals surface area contributed by atoms with E-state index < -0.39 is 11.7 Å². The number of likely N-dealkylation sites (N-methyl/N-ethyl adjacent to an activating group) is 1. The van der Waals surface area contributed by atoms with E-state index in [0.29, 0.717) is 5.69 Å². The van der Waals surface area contributed by atoms with Gasteiger partial charge in [0.15, 0.2) is 0 Å². The number of hydrogen-bond donors (Lipinski definition) is 2. The molecule has 0 saturated heterocycles. The highest BCUT2D eigenvalue weighted by Gasteiger charge is 2.29. The van der Waals surface area contributed by atoms with Crippen molar-refractivity contribution in [2.45, 2.75) is 32.5 Å². The first-order valence-corrected chi connectivity index (χ1v) is 7.34. The summed E-state index contributed by atoms with van der Waals surface area (Å²) in [4.78, 5) is 24.9. The van der Waals surface area contributed by atoms with Gasteiger partial charge < -0.3 is 15.5 Å². The van der Waals surface area contributed by atoms with Crippen molar-refractivity contribution < 1.29 is 22.8 Å². The molecule has 0 heterocycles. The first-order chi connectivity index (χ1) is 10.9. The molecule has 0 radical (unpaired) electrons. The van der Waals surface area contributed by atoms with Gasteiger partial charge in [0, 0.05) is 18.3 Å².